The van der Waals surface area contributed by atoms with E-state index in [4.69, 9.17) is 14.4 Å². The molecule has 12 heteroatoms. The molecule has 1 fully saturated rings. The second-order valence-corrected chi connectivity index (χ2v) is 6.07. The van der Waals surface area contributed by atoms with Gasteiger partial charge in [-0.05, 0) is 29.8 Å². The number of nitro benzene ring substituents is 1. The average molecular weight is 426 g/mol. The summed E-state index contributed by atoms with van der Waals surface area (Å²) in [5.41, 5.74) is -0.249. The largest absolute Gasteiger partial charge is 0.472 e. The first kappa shape index (κ1) is 21.1. The second kappa shape index (κ2) is 8.78. The third-order valence-electron chi connectivity index (χ3n) is 4.11. The van der Waals surface area contributed by atoms with E-state index in [-0.39, 0.29) is 41.7 Å². The van der Waals surface area contributed by atoms with Crippen molar-refractivity contribution in [1.29, 1.82) is 5.26 Å². The fraction of sp³-hybridized carbons (Fsp3) is 0.158. The SMILES string of the molecule is COC(=O)c1ccc(CN2C(=O)NC(=Cc3ccc(OCC#N)c([N+](=O)[O-])c3)C2=O)o1. The van der Waals surface area contributed by atoms with Crippen LogP contribution in [0.25, 0.3) is 6.08 Å². The zero-order valence-corrected chi connectivity index (χ0v) is 16.0. The maximum absolute atomic E-state index is 12.6. The van der Waals surface area contributed by atoms with Crippen molar-refractivity contribution >= 4 is 29.7 Å². The van der Waals surface area contributed by atoms with E-state index in [9.17, 15) is 24.5 Å². The van der Waals surface area contributed by atoms with Crippen LogP contribution in [-0.2, 0) is 16.1 Å². The molecule has 0 aliphatic carbocycles. The molecule has 2 aromatic rings. The number of rotatable bonds is 7. The van der Waals surface area contributed by atoms with Gasteiger partial charge in [-0.15, -0.1) is 0 Å². The van der Waals surface area contributed by atoms with Crippen molar-refractivity contribution in [2.45, 2.75) is 6.54 Å². The van der Waals surface area contributed by atoms with Gasteiger partial charge in [0, 0.05) is 6.07 Å². The van der Waals surface area contributed by atoms with Gasteiger partial charge in [-0.25, -0.2) is 9.59 Å². The molecule has 0 spiro atoms. The number of urea groups is 1. The van der Waals surface area contributed by atoms with E-state index >= 15 is 0 Å². The first-order valence-electron chi connectivity index (χ1n) is 8.63. The maximum atomic E-state index is 12.6. The van der Waals surface area contributed by atoms with Crippen LogP contribution in [0.5, 0.6) is 5.75 Å². The smallest absolute Gasteiger partial charge is 0.373 e. The standard InChI is InChI=1S/C19H14N4O8/c1-29-18(25)16-5-3-12(31-16)10-22-17(24)13(21-19(22)26)8-11-2-4-15(30-7-6-20)14(9-11)23(27)28/h2-5,8-9H,7,10H2,1H3,(H,21,26). The Bertz CT molecular complexity index is 1140. The average Bonchev–Trinajstić information content (AvgIpc) is 3.32. The Labute approximate surface area is 174 Å². The van der Waals surface area contributed by atoms with Gasteiger partial charge in [0.05, 0.1) is 18.6 Å². The van der Waals surface area contributed by atoms with Crippen molar-refractivity contribution in [3.05, 3.63) is 63.2 Å². The minimum absolute atomic E-state index is 0.0775. The number of nitriles is 1. The van der Waals surface area contributed by atoms with E-state index in [2.05, 4.69) is 10.1 Å². The van der Waals surface area contributed by atoms with Crippen molar-refractivity contribution in [3.8, 4) is 11.8 Å². The van der Waals surface area contributed by atoms with Crippen LogP contribution in [0.2, 0.25) is 0 Å². The number of nitro groups is 1. The second-order valence-electron chi connectivity index (χ2n) is 6.07. The molecule has 158 valence electrons. The normalized spacial score (nSPS) is 14.3. The van der Waals surface area contributed by atoms with Gasteiger partial charge in [-0.2, -0.15) is 5.26 Å². The van der Waals surface area contributed by atoms with Crippen molar-refractivity contribution in [2.24, 2.45) is 0 Å². The molecule has 1 N–H and O–H groups in total. The molecule has 3 rings (SSSR count). The Morgan fingerprint density at radius 3 is 2.81 bits per heavy atom. The van der Waals surface area contributed by atoms with Crippen LogP contribution in [0.1, 0.15) is 21.9 Å². The van der Waals surface area contributed by atoms with Crippen LogP contribution in [0.3, 0.4) is 0 Å². The molecule has 31 heavy (non-hydrogen) atoms. The Morgan fingerprint density at radius 2 is 2.13 bits per heavy atom. The van der Waals surface area contributed by atoms with Gasteiger partial charge >= 0.3 is 17.7 Å². The lowest BCUT2D eigenvalue weighted by molar-refractivity contribution is -0.385. The molecule has 0 radical (unpaired) electrons. The Morgan fingerprint density at radius 1 is 1.35 bits per heavy atom. The molecule has 0 atom stereocenters. The van der Waals surface area contributed by atoms with Gasteiger partial charge in [0.25, 0.3) is 5.91 Å². The molecular weight excluding hydrogens is 412 g/mol. The molecule has 0 bridgehead atoms. The van der Waals surface area contributed by atoms with Crippen LogP contribution in [0.4, 0.5) is 10.5 Å². The van der Waals surface area contributed by atoms with Crippen molar-refractivity contribution in [1.82, 2.24) is 10.2 Å². The Balaban J connectivity index is 1.80. The fourth-order valence-corrected chi connectivity index (χ4v) is 2.71. The van der Waals surface area contributed by atoms with Crippen LogP contribution in [0.15, 0.2) is 40.4 Å². The molecule has 1 aromatic heterocycles. The quantitative estimate of drug-likeness (QED) is 0.229. The number of methoxy groups -OCH3 is 1. The van der Waals surface area contributed by atoms with Crippen molar-refractivity contribution in [3.63, 3.8) is 0 Å². The number of ether oxygens (including phenoxy) is 2. The summed E-state index contributed by atoms with van der Waals surface area (Å²) in [5.74, 6) is -1.39. The highest BCUT2D eigenvalue weighted by molar-refractivity contribution is 6.13. The first-order chi connectivity index (χ1) is 14.8. The van der Waals surface area contributed by atoms with E-state index in [1.54, 1.807) is 6.07 Å². The minimum atomic E-state index is -0.726. The molecule has 1 aromatic carbocycles. The predicted molar refractivity (Wildman–Crippen MR) is 101 cm³/mol. The van der Waals surface area contributed by atoms with Gasteiger partial charge < -0.3 is 19.2 Å². The van der Waals surface area contributed by atoms with Crippen molar-refractivity contribution < 1.29 is 33.2 Å². The lowest BCUT2D eigenvalue weighted by atomic mass is 10.1. The number of hydrogen-bond donors (Lipinski definition) is 1. The molecule has 0 saturated carbocycles. The maximum Gasteiger partial charge on any atom is 0.373 e. The van der Waals surface area contributed by atoms with Gasteiger partial charge in [-0.1, -0.05) is 6.07 Å². The first-order valence-corrected chi connectivity index (χ1v) is 8.63. The number of nitrogens with zero attached hydrogens (tertiary/aromatic N) is 3. The number of carbonyl (C=O) groups is 3. The minimum Gasteiger partial charge on any atom is -0.472 e. The fourth-order valence-electron chi connectivity index (χ4n) is 2.71. The molecule has 1 saturated heterocycles. The molecule has 1 aliphatic heterocycles. The summed E-state index contributed by atoms with van der Waals surface area (Å²) >= 11 is 0. The number of furan rings is 1. The lowest BCUT2D eigenvalue weighted by Gasteiger charge is -2.09. The summed E-state index contributed by atoms with van der Waals surface area (Å²) in [7, 11) is 1.19. The van der Waals surface area contributed by atoms with E-state index in [1.807, 2.05) is 0 Å². The summed E-state index contributed by atoms with van der Waals surface area (Å²) in [6.45, 7) is -0.602. The number of nitrogens with one attached hydrogen (secondary N) is 1. The van der Waals surface area contributed by atoms with Crippen LogP contribution >= 0.6 is 0 Å². The molecule has 3 amide bonds. The number of esters is 1. The number of amides is 3. The Hall–Kier alpha value is -4.66. The summed E-state index contributed by atoms with van der Waals surface area (Å²) in [4.78, 5) is 47.7. The van der Waals surface area contributed by atoms with Crippen LogP contribution in [-0.4, -0.2) is 41.4 Å². The topological polar surface area (TPSA) is 165 Å². The highest BCUT2D eigenvalue weighted by Crippen LogP contribution is 2.29. The third kappa shape index (κ3) is 4.51. The molecule has 0 unspecified atom stereocenters. The predicted octanol–water partition coefficient (Wildman–Crippen LogP) is 1.97. The van der Waals surface area contributed by atoms with Gasteiger partial charge in [-0.3, -0.25) is 19.8 Å². The van der Waals surface area contributed by atoms with Gasteiger partial charge in [0.2, 0.25) is 5.76 Å². The molecule has 2 heterocycles. The summed E-state index contributed by atoms with van der Waals surface area (Å²) < 4.78 is 14.8. The monoisotopic (exact) mass is 426 g/mol. The number of benzene rings is 1. The van der Waals surface area contributed by atoms with Crippen molar-refractivity contribution in [2.75, 3.05) is 13.7 Å². The van der Waals surface area contributed by atoms with E-state index in [0.717, 1.165) is 11.0 Å². The zero-order chi connectivity index (χ0) is 22.5. The molecule has 1 aliphatic rings. The lowest BCUT2D eigenvalue weighted by Crippen LogP contribution is -2.30. The Kier molecular flexibility index (Phi) is 5.97. The number of carbonyl (C=O) groups excluding carboxylic acids is 3. The third-order valence-corrected chi connectivity index (χ3v) is 4.11. The van der Waals surface area contributed by atoms with Crippen LogP contribution in [0, 0.1) is 21.4 Å². The van der Waals surface area contributed by atoms with E-state index < -0.39 is 28.5 Å². The molecule has 12 nitrogen and oxygen atoms in total. The van der Waals surface area contributed by atoms with Gasteiger partial charge in [0.1, 0.15) is 17.5 Å². The highest BCUT2D eigenvalue weighted by Gasteiger charge is 2.34. The van der Waals surface area contributed by atoms with Crippen LogP contribution < -0.4 is 10.1 Å². The number of imide groups is 1. The highest BCUT2D eigenvalue weighted by atomic mass is 16.6. The number of hydrogen-bond acceptors (Lipinski definition) is 9. The summed E-state index contributed by atoms with van der Waals surface area (Å²) in [6, 6.07) is 7.64. The van der Waals surface area contributed by atoms with E-state index in [1.165, 1.54) is 37.5 Å². The summed E-state index contributed by atoms with van der Waals surface area (Å²) in [5, 5.41) is 22.2. The van der Waals surface area contributed by atoms with E-state index in [0.29, 0.717) is 0 Å². The molecular formula is C19H14N4O8. The summed E-state index contributed by atoms with van der Waals surface area (Å²) in [6.07, 6.45) is 1.27. The van der Waals surface area contributed by atoms with Gasteiger partial charge in [0.15, 0.2) is 12.4 Å². The zero-order valence-electron chi connectivity index (χ0n) is 16.0.